The van der Waals surface area contributed by atoms with E-state index in [0.717, 1.165) is 12.8 Å². The number of benzene rings is 1. The minimum Gasteiger partial charge on any atom is -0.490 e. The van der Waals surface area contributed by atoms with Crippen molar-refractivity contribution in [3.05, 3.63) is 52.9 Å². The molecule has 0 bridgehead atoms. The molecule has 0 N–H and O–H groups in total. The molecule has 0 unspecified atom stereocenters. The van der Waals surface area contributed by atoms with Gasteiger partial charge in [0.05, 0.1) is 6.61 Å². The van der Waals surface area contributed by atoms with Crippen LogP contribution in [0.25, 0.3) is 10.8 Å². The molecule has 0 spiro atoms. The third-order valence-corrected chi connectivity index (χ3v) is 3.98. The first-order chi connectivity index (χ1) is 11.7. The van der Waals surface area contributed by atoms with Crippen molar-refractivity contribution in [2.75, 3.05) is 6.61 Å². The maximum Gasteiger partial charge on any atom is 0.346 e. The van der Waals surface area contributed by atoms with Crippen LogP contribution in [-0.4, -0.2) is 6.61 Å². The average Bonchev–Trinajstić information content (AvgIpc) is 2.56. The molecule has 130 valence electrons. The van der Waals surface area contributed by atoms with E-state index in [1.165, 1.54) is 25.7 Å². The Bertz CT molecular complexity index is 733. The summed E-state index contributed by atoms with van der Waals surface area (Å²) in [5.41, 5.74) is -0.674. The Hall–Kier alpha value is -2.10. The summed E-state index contributed by atoms with van der Waals surface area (Å²) in [6.07, 6.45) is 8.90. The molecule has 0 aliphatic heterocycles. The zero-order valence-corrected chi connectivity index (χ0v) is 14.3. The van der Waals surface area contributed by atoms with Crippen molar-refractivity contribution in [3.8, 4) is 5.75 Å². The monoisotopic (exact) mass is 332 g/mol. The average molecular weight is 332 g/mol. The predicted octanol–water partition coefficient (Wildman–Crippen LogP) is 5.40. The van der Waals surface area contributed by atoms with Crippen molar-refractivity contribution < 1.29 is 13.5 Å². The lowest BCUT2D eigenvalue weighted by Crippen LogP contribution is -2.06. The fourth-order valence-corrected chi connectivity index (χ4v) is 2.69. The van der Waals surface area contributed by atoms with Gasteiger partial charge in [0.2, 0.25) is 0 Å². The Morgan fingerprint density at radius 3 is 2.71 bits per heavy atom. The van der Waals surface area contributed by atoms with Crippen LogP contribution in [0.1, 0.15) is 51.2 Å². The molecule has 4 heteroatoms. The Morgan fingerprint density at radius 1 is 1.21 bits per heavy atom. The van der Waals surface area contributed by atoms with Gasteiger partial charge in [0.1, 0.15) is 11.1 Å². The fraction of sp³-hybridized carbons (Fsp3) is 0.450. The van der Waals surface area contributed by atoms with Crippen molar-refractivity contribution in [2.45, 2.75) is 51.9 Å². The number of allylic oxidation sites excluding steroid dienone is 1. The first-order valence-electron chi connectivity index (χ1n) is 8.66. The third-order valence-electron chi connectivity index (χ3n) is 3.98. The van der Waals surface area contributed by atoms with Gasteiger partial charge in [0, 0.05) is 6.42 Å². The maximum atomic E-state index is 14.5. The molecule has 0 saturated heterocycles. The number of ether oxygens (including phenoxy) is 1. The first kappa shape index (κ1) is 18.2. The highest BCUT2D eigenvalue weighted by molar-refractivity contribution is 5.83. The van der Waals surface area contributed by atoms with Crippen LogP contribution in [0.4, 0.5) is 4.39 Å². The lowest BCUT2D eigenvalue weighted by molar-refractivity contribution is 0.291. The highest BCUT2D eigenvalue weighted by Crippen LogP contribution is 2.25. The van der Waals surface area contributed by atoms with Gasteiger partial charge in [-0.25, -0.2) is 9.18 Å². The maximum absolute atomic E-state index is 14.5. The Balaban J connectivity index is 2.03. The summed E-state index contributed by atoms with van der Waals surface area (Å²) in [5.74, 6) is -0.0557. The van der Waals surface area contributed by atoms with Gasteiger partial charge in [0.15, 0.2) is 11.6 Å². The van der Waals surface area contributed by atoms with E-state index in [1.54, 1.807) is 24.3 Å². The normalized spacial score (nSPS) is 10.9. The van der Waals surface area contributed by atoms with Gasteiger partial charge in [-0.3, -0.25) is 0 Å². The number of hydrogen-bond donors (Lipinski definition) is 0. The van der Waals surface area contributed by atoms with Crippen LogP contribution < -0.4 is 10.4 Å². The summed E-state index contributed by atoms with van der Waals surface area (Å²) in [6.45, 7) is 6.24. The molecule has 2 aromatic rings. The van der Waals surface area contributed by atoms with Gasteiger partial charge in [-0.05, 0) is 23.9 Å². The summed E-state index contributed by atoms with van der Waals surface area (Å²) < 4.78 is 25.2. The van der Waals surface area contributed by atoms with Gasteiger partial charge >= 0.3 is 5.63 Å². The highest BCUT2D eigenvalue weighted by atomic mass is 19.1. The van der Waals surface area contributed by atoms with Gasteiger partial charge < -0.3 is 9.15 Å². The number of unbranched alkanes of at least 4 members (excludes halogenated alkanes) is 5. The molecule has 0 atom stereocenters. The summed E-state index contributed by atoms with van der Waals surface area (Å²) in [7, 11) is 0. The lowest BCUT2D eigenvalue weighted by Gasteiger charge is -2.09. The molecule has 0 radical (unpaired) electrons. The van der Waals surface area contributed by atoms with E-state index < -0.39 is 11.4 Å². The van der Waals surface area contributed by atoms with Crippen molar-refractivity contribution in [1.29, 1.82) is 0 Å². The standard InChI is InChI=1S/C20H25FO3/c1-3-5-6-7-8-9-13-23-17-12-11-15-14-16(10-4-2)24-20(22)18(15)19(17)21/h4,11-12,14H,2-3,5-10,13H2,1H3. The topological polar surface area (TPSA) is 39.4 Å². The van der Waals surface area contributed by atoms with Crippen LogP contribution in [0.5, 0.6) is 5.75 Å². The van der Waals surface area contributed by atoms with Gasteiger partial charge in [-0.15, -0.1) is 6.58 Å². The van der Waals surface area contributed by atoms with E-state index in [2.05, 4.69) is 13.5 Å². The van der Waals surface area contributed by atoms with E-state index in [-0.39, 0.29) is 11.1 Å². The molecule has 1 aromatic heterocycles. The molecule has 2 rings (SSSR count). The summed E-state index contributed by atoms with van der Waals surface area (Å²) >= 11 is 0. The van der Waals surface area contributed by atoms with Crippen LogP contribution in [0.3, 0.4) is 0 Å². The van der Waals surface area contributed by atoms with E-state index >= 15 is 0 Å². The Morgan fingerprint density at radius 2 is 1.96 bits per heavy atom. The van der Waals surface area contributed by atoms with Crippen LogP contribution in [0.15, 0.2) is 40.1 Å². The number of hydrogen-bond acceptors (Lipinski definition) is 3. The van der Waals surface area contributed by atoms with E-state index in [9.17, 15) is 9.18 Å². The molecular weight excluding hydrogens is 307 g/mol. The first-order valence-corrected chi connectivity index (χ1v) is 8.66. The molecule has 1 aromatic carbocycles. The fourth-order valence-electron chi connectivity index (χ4n) is 2.69. The van der Waals surface area contributed by atoms with Crippen LogP contribution in [0.2, 0.25) is 0 Å². The second-order valence-corrected chi connectivity index (χ2v) is 5.95. The van der Waals surface area contributed by atoms with Crippen LogP contribution >= 0.6 is 0 Å². The number of fused-ring (bicyclic) bond motifs is 1. The zero-order valence-electron chi connectivity index (χ0n) is 14.3. The molecule has 3 nitrogen and oxygen atoms in total. The molecular formula is C20H25FO3. The summed E-state index contributed by atoms with van der Waals surface area (Å²) in [5, 5.41) is 0.468. The van der Waals surface area contributed by atoms with Gasteiger partial charge in [-0.1, -0.05) is 51.2 Å². The third kappa shape index (κ3) is 4.70. The Kier molecular flexibility index (Phi) is 7.04. The van der Waals surface area contributed by atoms with Gasteiger partial charge in [0.25, 0.3) is 0 Å². The molecule has 0 aliphatic carbocycles. The lowest BCUT2D eigenvalue weighted by atomic mass is 10.1. The van der Waals surface area contributed by atoms with Crippen LogP contribution in [-0.2, 0) is 6.42 Å². The Labute approximate surface area is 142 Å². The minimum atomic E-state index is -0.674. The van der Waals surface area contributed by atoms with Gasteiger partial charge in [-0.2, -0.15) is 0 Å². The molecule has 0 aliphatic rings. The quantitative estimate of drug-likeness (QED) is 0.432. The molecule has 1 heterocycles. The summed E-state index contributed by atoms with van der Waals surface area (Å²) in [4.78, 5) is 12.0. The van der Waals surface area contributed by atoms with E-state index in [4.69, 9.17) is 9.15 Å². The smallest absolute Gasteiger partial charge is 0.346 e. The molecule has 0 amide bonds. The second kappa shape index (κ2) is 9.26. The summed E-state index contributed by atoms with van der Waals surface area (Å²) in [6, 6.07) is 4.93. The predicted molar refractivity (Wildman–Crippen MR) is 95.2 cm³/mol. The molecule has 0 fully saturated rings. The van der Waals surface area contributed by atoms with Crippen LogP contribution in [0, 0.1) is 5.82 Å². The van der Waals surface area contributed by atoms with E-state index in [0.29, 0.717) is 24.2 Å². The molecule has 0 saturated carbocycles. The van der Waals surface area contributed by atoms with E-state index in [1.807, 2.05) is 0 Å². The highest BCUT2D eigenvalue weighted by Gasteiger charge is 2.14. The number of halogens is 1. The van der Waals surface area contributed by atoms with Crippen molar-refractivity contribution in [1.82, 2.24) is 0 Å². The second-order valence-electron chi connectivity index (χ2n) is 5.95. The zero-order chi connectivity index (χ0) is 17.4. The minimum absolute atomic E-state index is 0.0525. The van der Waals surface area contributed by atoms with Crippen molar-refractivity contribution in [2.24, 2.45) is 0 Å². The molecule has 24 heavy (non-hydrogen) atoms. The van der Waals surface area contributed by atoms with Crippen molar-refractivity contribution >= 4 is 10.8 Å². The largest absolute Gasteiger partial charge is 0.490 e. The SMILES string of the molecule is C=CCc1cc2ccc(OCCCCCCCC)c(F)c2c(=O)o1. The number of rotatable bonds is 10. The van der Waals surface area contributed by atoms with Crippen molar-refractivity contribution in [3.63, 3.8) is 0 Å².